The Morgan fingerprint density at radius 1 is 1.44 bits per heavy atom. The second-order valence-corrected chi connectivity index (χ2v) is 5.29. The summed E-state index contributed by atoms with van der Waals surface area (Å²) in [6.07, 6.45) is 0. The van der Waals surface area contributed by atoms with Crippen LogP contribution >= 0.6 is 22.6 Å². The number of amides is 1. The van der Waals surface area contributed by atoms with Crippen LogP contribution in [0.4, 0.5) is 15.8 Å². The first-order chi connectivity index (χ1) is 8.36. The van der Waals surface area contributed by atoms with Crippen molar-refractivity contribution < 1.29 is 9.18 Å². The SMILES string of the molecule is CCN(CC(=O)N(C)C)c1cc(F)c(I)cc1N. The minimum Gasteiger partial charge on any atom is -0.397 e. The third kappa shape index (κ3) is 3.47. The fourth-order valence-corrected chi connectivity index (χ4v) is 1.99. The fraction of sp³-hybridized carbons (Fsp3) is 0.417. The highest BCUT2D eigenvalue weighted by atomic mass is 127. The number of halogens is 2. The van der Waals surface area contributed by atoms with E-state index < -0.39 is 0 Å². The predicted molar refractivity (Wildman–Crippen MR) is 80.1 cm³/mol. The van der Waals surface area contributed by atoms with Gasteiger partial charge in [-0.25, -0.2) is 4.39 Å². The van der Waals surface area contributed by atoms with Gasteiger partial charge in [-0.05, 0) is 35.6 Å². The van der Waals surface area contributed by atoms with Crippen LogP contribution in [0.2, 0.25) is 0 Å². The minimum absolute atomic E-state index is 0.0461. The number of nitrogens with zero attached hydrogens (tertiary/aromatic N) is 2. The zero-order valence-electron chi connectivity index (χ0n) is 10.7. The van der Waals surface area contributed by atoms with Crippen molar-refractivity contribution in [2.45, 2.75) is 6.92 Å². The third-order valence-corrected chi connectivity index (χ3v) is 3.44. The maximum Gasteiger partial charge on any atom is 0.241 e. The van der Waals surface area contributed by atoms with Gasteiger partial charge in [-0.2, -0.15) is 0 Å². The lowest BCUT2D eigenvalue weighted by atomic mass is 10.2. The van der Waals surface area contributed by atoms with Gasteiger partial charge in [0.25, 0.3) is 0 Å². The average molecular weight is 365 g/mol. The quantitative estimate of drug-likeness (QED) is 0.655. The Bertz CT molecular complexity index is 451. The Morgan fingerprint density at radius 2 is 2.06 bits per heavy atom. The first-order valence-electron chi connectivity index (χ1n) is 5.56. The molecule has 0 aliphatic rings. The molecular weight excluding hydrogens is 348 g/mol. The molecule has 0 saturated heterocycles. The number of anilines is 2. The summed E-state index contributed by atoms with van der Waals surface area (Å²) in [7, 11) is 3.38. The van der Waals surface area contributed by atoms with E-state index in [4.69, 9.17) is 5.73 Å². The number of rotatable bonds is 4. The van der Waals surface area contributed by atoms with E-state index >= 15 is 0 Å². The Kier molecular flexibility index (Phi) is 5.18. The standard InChI is InChI=1S/C12H17FIN3O/c1-4-17(7-12(18)16(2)3)11-5-8(13)9(14)6-10(11)15/h5-6H,4,7,15H2,1-3H3. The van der Waals surface area contributed by atoms with Gasteiger partial charge in [0.2, 0.25) is 5.91 Å². The number of nitrogens with two attached hydrogens (primary N) is 1. The van der Waals surface area contributed by atoms with Gasteiger partial charge in [0.15, 0.2) is 0 Å². The van der Waals surface area contributed by atoms with Crippen LogP contribution in [0.3, 0.4) is 0 Å². The molecule has 1 aromatic carbocycles. The van der Waals surface area contributed by atoms with Crippen LogP contribution in [0.5, 0.6) is 0 Å². The molecule has 6 heteroatoms. The fourth-order valence-electron chi connectivity index (χ4n) is 1.50. The largest absolute Gasteiger partial charge is 0.397 e. The average Bonchev–Trinajstić information content (AvgIpc) is 2.30. The van der Waals surface area contributed by atoms with Crippen LogP contribution in [-0.2, 0) is 4.79 Å². The molecule has 0 heterocycles. The summed E-state index contributed by atoms with van der Waals surface area (Å²) in [5.74, 6) is -0.370. The molecule has 0 bridgehead atoms. The molecule has 0 unspecified atom stereocenters. The molecule has 18 heavy (non-hydrogen) atoms. The van der Waals surface area contributed by atoms with E-state index in [-0.39, 0.29) is 18.3 Å². The summed E-state index contributed by atoms with van der Waals surface area (Å²) in [4.78, 5) is 15.0. The van der Waals surface area contributed by atoms with Crippen LogP contribution in [-0.4, -0.2) is 38.0 Å². The molecule has 1 amide bonds. The maximum absolute atomic E-state index is 13.6. The molecule has 0 aliphatic carbocycles. The van der Waals surface area contributed by atoms with Gasteiger partial charge in [0.1, 0.15) is 5.82 Å². The van der Waals surface area contributed by atoms with Crippen LogP contribution in [0.1, 0.15) is 6.92 Å². The molecular formula is C12H17FIN3O. The van der Waals surface area contributed by atoms with E-state index in [0.29, 0.717) is 21.5 Å². The summed E-state index contributed by atoms with van der Waals surface area (Å²) >= 11 is 1.89. The maximum atomic E-state index is 13.6. The second-order valence-electron chi connectivity index (χ2n) is 4.13. The number of carbonyl (C=O) groups is 1. The van der Waals surface area contributed by atoms with Crippen molar-refractivity contribution in [2.75, 3.05) is 37.8 Å². The monoisotopic (exact) mass is 365 g/mol. The molecule has 1 aromatic rings. The van der Waals surface area contributed by atoms with E-state index in [1.165, 1.54) is 11.0 Å². The summed E-state index contributed by atoms with van der Waals surface area (Å²) in [5, 5.41) is 0. The first kappa shape index (κ1) is 15.0. The van der Waals surface area contributed by atoms with Crippen molar-refractivity contribution in [3.63, 3.8) is 0 Å². The van der Waals surface area contributed by atoms with Crippen LogP contribution in [0.15, 0.2) is 12.1 Å². The zero-order chi connectivity index (χ0) is 13.9. The Labute approximate surface area is 120 Å². The summed E-state index contributed by atoms with van der Waals surface area (Å²) in [6, 6.07) is 2.96. The van der Waals surface area contributed by atoms with Crippen molar-refractivity contribution in [3.8, 4) is 0 Å². The van der Waals surface area contributed by atoms with E-state index in [2.05, 4.69) is 0 Å². The molecule has 0 fully saturated rings. The van der Waals surface area contributed by atoms with Gasteiger partial charge in [0, 0.05) is 26.7 Å². The normalized spacial score (nSPS) is 10.3. The van der Waals surface area contributed by atoms with E-state index in [0.717, 1.165) is 0 Å². The van der Waals surface area contributed by atoms with Gasteiger partial charge in [-0.3, -0.25) is 4.79 Å². The van der Waals surface area contributed by atoms with Gasteiger partial charge < -0.3 is 15.5 Å². The van der Waals surface area contributed by atoms with Crippen molar-refractivity contribution >= 4 is 39.9 Å². The lowest BCUT2D eigenvalue weighted by molar-refractivity contribution is -0.127. The molecule has 1 rings (SSSR count). The van der Waals surface area contributed by atoms with Crippen LogP contribution in [0.25, 0.3) is 0 Å². The van der Waals surface area contributed by atoms with Crippen molar-refractivity contribution in [3.05, 3.63) is 21.5 Å². The number of hydrogen-bond donors (Lipinski definition) is 1. The van der Waals surface area contributed by atoms with Gasteiger partial charge in [-0.1, -0.05) is 0 Å². The third-order valence-electron chi connectivity index (χ3n) is 2.62. The van der Waals surface area contributed by atoms with Gasteiger partial charge in [-0.15, -0.1) is 0 Å². The molecule has 100 valence electrons. The van der Waals surface area contributed by atoms with E-state index in [9.17, 15) is 9.18 Å². The lowest BCUT2D eigenvalue weighted by Gasteiger charge is -2.25. The Morgan fingerprint density at radius 3 is 2.56 bits per heavy atom. The number of likely N-dealkylation sites (N-methyl/N-ethyl adjacent to an activating group) is 2. The molecule has 0 radical (unpaired) electrons. The van der Waals surface area contributed by atoms with Gasteiger partial charge in [0.05, 0.1) is 21.5 Å². The van der Waals surface area contributed by atoms with E-state index in [1.807, 2.05) is 29.5 Å². The molecule has 0 aliphatic heterocycles. The highest BCUT2D eigenvalue weighted by molar-refractivity contribution is 14.1. The van der Waals surface area contributed by atoms with Gasteiger partial charge >= 0.3 is 0 Å². The predicted octanol–water partition coefficient (Wildman–Crippen LogP) is 1.93. The number of benzene rings is 1. The molecule has 4 nitrogen and oxygen atoms in total. The highest BCUT2D eigenvalue weighted by Crippen LogP contribution is 2.27. The Balaban J connectivity index is 3.02. The Hall–Kier alpha value is -1.05. The molecule has 0 aromatic heterocycles. The summed E-state index contributed by atoms with van der Waals surface area (Å²) in [5.41, 5.74) is 6.92. The van der Waals surface area contributed by atoms with Crippen molar-refractivity contribution in [1.29, 1.82) is 0 Å². The summed E-state index contributed by atoms with van der Waals surface area (Å²) in [6.45, 7) is 2.68. The molecule has 2 N–H and O–H groups in total. The van der Waals surface area contributed by atoms with Crippen molar-refractivity contribution in [2.24, 2.45) is 0 Å². The molecule has 0 spiro atoms. The smallest absolute Gasteiger partial charge is 0.241 e. The minimum atomic E-state index is -0.324. The number of nitrogen functional groups attached to an aromatic ring is 1. The van der Waals surface area contributed by atoms with Crippen molar-refractivity contribution in [1.82, 2.24) is 4.90 Å². The second kappa shape index (κ2) is 6.21. The molecule has 0 atom stereocenters. The van der Waals surface area contributed by atoms with Crippen LogP contribution in [0, 0.1) is 9.39 Å². The number of carbonyl (C=O) groups excluding carboxylic acids is 1. The molecule has 0 saturated carbocycles. The number of hydrogen-bond acceptors (Lipinski definition) is 3. The van der Waals surface area contributed by atoms with E-state index in [1.54, 1.807) is 25.1 Å². The summed E-state index contributed by atoms with van der Waals surface area (Å²) < 4.78 is 14.0. The van der Waals surface area contributed by atoms with Crippen LogP contribution < -0.4 is 10.6 Å². The lowest BCUT2D eigenvalue weighted by Crippen LogP contribution is -2.37. The topological polar surface area (TPSA) is 49.6 Å². The highest BCUT2D eigenvalue weighted by Gasteiger charge is 2.15. The zero-order valence-corrected chi connectivity index (χ0v) is 12.9. The first-order valence-corrected chi connectivity index (χ1v) is 6.64.